The fraction of sp³-hybridized carbons (Fsp3) is 0.500. The van der Waals surface area contributed by atoms with Gasteiger partial charge < -0.3 is 15.8 Å². The molecule has 2 unspecified atom stereocenters. The Morgan fingerprint density at radius 3 is 3.12 bits per heavy atom. The number of aromatic nitrogens is 1. The molecular weight excluding hydrogens is 218 g/mol. The van der Waals surface area contributed by atoms with Gasteiger partial charge in [0.2, 0.25) is 0 Å². The minimum atomic E-state index is -0.397. The predicted octanol–water partition coefficient (Wildman–Crippen LogP) is 0.835. The van der Waals surface area contributed by atoms with Gasteiger partial charge in [-0.2, -0.15) is 0 Å². The van der Waals surface area contributed by atoms with Gasteiger partial charge in [0, 0.05) is 12.7 Å². The Hall–Kier alpha value is -1.46. The fourth-order valence-corrected chi connectivity index (χ4v) is 1.88. The number of nitrogens with two attached hydrogens (primary N) is 1. The molecule has 5 nitrogen and oxygen atoms in total. The zero-order valence-electron chi connectivity index (χ0n) is 9.85. The molecule has 1 saturated heterocycles. The Labute approximate surface area is 100 Å². The number of amides is 1. The first-order chi connectivity index (χ1) is 8.19. The van der Waals surface area contributed by atoms with E-state index in [-0.39, 0.29) is 12.0 Å². The van der Waals surface area contributed by atoms with Gasteiger partial charge in [0.25, 0.3) is 5.91 Å². The molecule has 2 atom stereocenters. The Morgan fingerprint density at radius 1 is 1.65 bits per heavy atom. The summed E-state index contributed by atoms with van der Waals surface area (Å²) in [4.78, 5) is 15.9. The molecule has 2 heterocycles. The van der Waals surface area contributed by atoms with E-state index in [2.05, 4.69) is 10.3 Å². The standard InChI is InChI=1S/C12H17N3O2/c1-8-4-5-14-11(6-8)15-12(16)10-3-2-9(7-13)17-10/h4-6,9-10H,2-3,7,13H2,1H3,(H,14,15,16). The van der Waals surface area contributed by atoms with Gasteiger partial charge >= 0.3 is 0 Å². The van der Waals surface area contributed by atoms with E-state index in [0.717, 1.165) is 18.4 Å². The van der Waals surface area contributed by atoms with Crippen LogP contribution in [-0.4, -0.2) is 29.6 Å². The highest BCUT2D eigenvalue weighted by atomic mass is 16.5. The van der Waals surface area contributed by atoms with E-state index >= 15 is 0 Å². The van der Waals surface area contributed by atoms with E-state index in [0.29, 0.717) is 12.4 Å². The second-order valence-corrected chi connectivity index (χ2v) is 4.27. The molecule has 5 heteroatoms. The third-order valence-electron chi connectivity index (χ3n) is 2.83. The lowest BCUT2D eigenvalue weighted by Crippen LogP contribution is -2.30. The van der Waals surface area contributed by atoms with E-state index in [1.807, 2.05) is 19.1 Å². The minimum Gasteiger partial charge on any atom is -0.364 e. The largest absolute Gasteiger partial charge is 0.364 e. The van der Waals surface area contributed by atoms with Crippen molar-refractivity contribution in [3.05, 3.63) is 23.9 Å². The van der Waals surface area contributed by atoms with Crippen LogP contribution in [0, 0.1) is 6.92 Å². The molecule has 1 amide bonds. The lowest BCUT2D eigenvalue weighted by molar-refractivity contribution is -0.126. The van der Waals surface area contributed by atoms with Gasteiger partial charge in [-0.3, -0.25) is 4.79 Å². The molecule has 1 fully saturated rings. The molecule has 0 aliphatic carbocycles. The molecule has 2 rings (SSSR count). The number of hydrogen-bond acceptors (Lipinski definition) is 4. The monoisotopic (exact) mass is 235 g/mol. The molecule has 1 aliphatic heterocycles. The number of nitrogens with zero attached hydrogens (tertiary/aromatic N) is 1. The molecule has 0 saturated carbocycles. The molecule has 1 aliphatic rings. The first kappa shape index (κ1) is 12.0. The summed E-state index contributed by atoms with van der Waals surface area (Å²) in [5.41, 5.74) is 6.56. The quantitative estimate of drug-likeness (QED) is 0.813. The molecular formula is C12H17N3O2. The summed E-state index contributed by atoms with van der Waals surface area (Å²) in [6.45, 7) is 2.42. The van der Waals surface area contributed by atoms with Crippen molar-refractivity contribution in [1.82, 2.24) is 4.98 Å². The summed E-state index contributed by atoms with van der Waals surface area (Å²) in [6, 6.07) is 3.71. The number of carbonyl (C=O) groups excluding carboxylic acids is 1. The number of carbonyl (C=O) groups is 1. The van der Waals surface area contributed by atoms with Crippen LogP contribution in [0.2, 0.25) is 0 Å². The third kappa shape index (κ3) is 3.01. The van der Waals surface area contributed by atoms with Crippen LogP contribution >= 0.6 is 0 Å². The van der Waals surface area contributed by atoms with Gasteiger partial charge in [0.1, 0.15) is 11.9 Å². The minimum absolute atomic E-state index is 0.0104. The maximum atomic E-state index is 11.9. The second-order valence-electron chi connectivity index (χ2n) is 4.27. The average Bonchev–Trinajstić information content (AvgIpc) is 2.77. The van der Waals surface area contributed by atoms with E-state index < -0.39 is 6.10 Å². The Kier molecular flexibility index (Phi) is 3.71. The number of ether oxygens (including phenoxy) is 1. The van der Waals surface area contributed by atoms with Gasteiger partial charge in [-0.25, -0.2) is 4.98 Å². The van der Waals surface area contributed by atoms with Crippen molar-refractivity contribution in [1.29, 1.82) is 0 Å². The van der Waals surface area contributed by atoms with Crippen LogP contribution in [0.25, 0.3) is 0 Å². The Morgan fingerprint density at radius 2 is 2.47 bits per heavy atom. The summed E-state index contributed by atoms with van der Waals surface area (Å²) in [7, 11) is 0. The van der Waals surface area contributed by atoms with Crippen molar-refractivity contribution < 1.29 is 9.53 Å². The molecule has 0 radical (unpaired) electrons. The van der Waals surface area contributed by atoms with Crippen molar-refractivity contribution in [2.75, 3.05) is 11.9 Å². The van der Waals surface area contributed by atoms with Crippen LogP contribution in [0.5, 0.6) is 0 Å². The fourth-order valence-electron chi connectivity index (χ4n) is 1.88. The number of aryl methyl sites for hydroxylation is 1. The summed E-state index contributed by atoms with van der Waals surface area (Å²) >= 11 is 0. The number of pyridine rings is 1. The van der Waals surface area contributed by atoms with Crippen molar-refractivity contribution >= 4 is 11.7 Å². The van der Waals surface area contributed by atoms with Crippen molar-refractivity contribution in [2.24, 2.45) is 5.73 Å². The van der Waals surface area contributed by atoms with Gasteiger partial charge in [-0.1, -0.05) is 0 Å². The molecule has 92 valence electrons. The number of nitrogens with one attached hydrogen (secondary N) is 1. The average molecular weight is 235 g/mol. The van der Waals surface area contributed by atoms with Gasteiger partial charge in [-0.15, -0.1) is 0 Å². The third-order valence-corrected chi connectivity index (χ3v) is 2.83. The van der Waals surface area contributed by atoms with E-state index in [1.54, 1.807) is 6.20 Å². The second kappa shape index (κ2) is 5.25. The molecule has 1 aromatic heterocycles. The smallest absolute Gasteiger partial charge is 0.254 e. The van der Waals surface area contributed by atoms with Crippen LogP contribution in [-0.2, 0) is 9.53 Å². The Bertz CT molecular complexity index is 408. The topological polar surface area (TPSA) is 77.2 Å². The van der Waals surface area contributed by atoms with Gasteiger partial charge in [0.15, 0.2) is 0 Å². The van der Waals surface area contributed by atoms with Crippen LogP contribution in [0.15, 0.2) is 18.3 Å². The highest BCUT2D eigenvalue weighted by Crippen LogP contribution is 2.20. The van der Waals surface area contributed by atoms with Crippen molar-refractivity contribution in [3.8, 4) is 0 Å². The predicted molar refractivity (Wildman–Crippen MR) is 64.6 cm³/mol. The molecule has 1 aromatic rings. The normalized spacial score (nSPS) is 23.6. The zero-order chi connectivity index (χ0) is 12.3. The summed E-state index contributed by atoms with van der Waals surface area (Å²) in [5.74, 6) is 0.425. The van der Waals surface area contributed by atoms with Crippen LogP contribution < -0.4 is 11.1 Å². The van der Waals surface area contributed by atoms with E-state index in [1.165, 1.54) is 0 Å². The van der Waals surface area contributed by atoms with Crippen molar-refractivity contribution in [2.45, 2.75) is 32.0 Å². The molecule has 3 N–H and O–H groups in total. The summed E-state index contributed by atoms with van der Waals surface area (Å²) in [6.07, 6.45) is 2.85. The number of hydrogen-bond donors (Lipinski definition) is 2. The highest BCUT2D eigenvalue weighted by molar-refractivity contribution is 5.93. The van der Waals surface area contributed by atoms with E-state index in [9.17, 15) is 4.79 Å². The first-order valence-electron chi connectivity index (χ1n) is 5.78. The molecule has 0 bridgehead atoms. The first-order valence-corrected chi connectivity index (χ1v) is 5.78. The highest BCUT2D eigenvalue weighted by Gasteiger charge is 2.29. The zero-order valence-corrected chi connectivity index (χ0v) is 9.85. The summed E-state index contributed by atoms with van der Waals surface area (Å²) < 4.78 is 5.51. The SMILES string of the molecule is Cc1ccnc(NC(=O)C2CCC(CN)O2)c1. The summed E-state index contributed by atoms with van der Waals surface area (Å²) in [5, 5.41) is 2.75. The molecule has 0 spiro atoms. The molecule has 17 heavy (non-hydrogen) atoms. The van der Waals surface area contributed by atoms with Gasteiger partial charge in [-0.05, 0) is 37.5 Å². The maximum Gasteiger partial charge on any atom is 0.254 e. The maximum absolute atomic E-state index is 11.9. The lowest BCUT2D eigenvalue weighted by atomic mass is 10.2. The van der Waals surface area contributed by atoms with Crippen LogP contribution in [0.1, 0.15) is 18.4 Å². The van der Waals surface area contributed by atoms with E-state index in [4.69, 9.17) is 10.5 Å². The number of rotatable bonds is 3. The van der Waals surface area contributed by atoms with Gasteiger partial charge in [0.05, 0.1) is 6.10 Å². The van der Waals surface area contributed by atoms with Crippen molar-refractivity contribution in [3.63, 3.8) is 0 Å². The van der Waals surface area contributed by atoms with Crippen LogP contribution in [0.4, 0.5) is 5.82 Å². The lowest BCUT2D eigenvalue weighted by Gasteiger charge is -2.12. The van der Waals surface area contributed by atoms with Crippen LogP contribution in [0.3, 0.4) is 0 Å². The Balaban J connectivity index is 1.93. The molecule has 0 aromatic carbocycles. The number of anilines is 1.